The number of hydrogen-bond donors (Lipinski definition) is 0. The highest BCUT2D eigenvalue weighted by Crippen LogP contribution is 2.55. The molecule has 0 radical (unpaired) electrons. The Bertz CT molecular complexity index is 541. The molecular weight excluding hydrogens is 238 g/mol. The van der Waals surface area contributed by atoms with E-state index < -0.39 is 10.0 Å². The van der Waals surface area contributed by atoms with Crippen molar-refractivity contribution in [1.82, 2.24) is 4.57 Å². The topological polar surface area (TPSA) is 4.93 Å². The Kier molecular flexibility index (Phi) is 3.76. The molecule has 0 amide bonds. The van der Waals surface area contributed by atoms with Crippen molar-refractivity contribution in [3.63, 3.8) is 0 Å². The number of aromatic nitrogens is 1. The second-order valence-corrected chi connectivity index (χ2v) is 9.26. The Morgan fingerprint density at radius 3 is 2.17 bits per heavy atom. The van der Waals surface area contributed by atoms with Gasteiger partial charge in [-0.05, 0) is 41.9 Å². The minimum atomic E-state index is -0.631. The van der Waals surface area contributed by atoms with E-state index in [1.165, 1.54) is 33.7 Å². The summed E-state index contributed by atoms with van der Waals surface area (Å²) in [5, 5.41) is 2.97. The molecule has 2 aromatic rings. The molecule has 0 N–H and O–H groups in total. The smallest absolute Gasteiger partial charge is 0.0583 e. The third-order valence-electron chi connectivity index (χ3n) is 4.26. The molecule has 0 saturated carbocycles. The summed E-state index contributed by atoms with van der Waals surface area (Å²) >= 11 is 0. The van der Waals surface area contributed by atoms with Crippen molar-refractivity contribution in [1.29, 1.82) is 0 Å². The van der Waals surface area contributed by atoms with Gasteiger partial charge >= 0.3 is 0 Å². The van der Waals surface area contributed by atoms with Crippen molar-refractivity contribution >= 4 is 20.9 Å². The molecular formula is C16H25NS. The highest BCUT2D eigenvalue weighted by atomic mass is 32.3. The van der Waals surface area contributed by atoms with Crippen LogP contribution in [0.3, 0.4) is 0 Å². The van der Waals surface area contributed by atoms with Crippen molar-refractivity contribution < 1.29 is 0 Å². The molecule has 0 aliphatic heterocycles. The van der Waals surface area contributed by atoms with E-state index in [9.17, 15) is 0 Å². The van der Waals surface area contributed by atoms with Gasteiger partial charge in [-0.15, -0.1) is 0 Å². The average Bonchev–Trinajstić information content (AvgIpc) is 2.71. The molecule has 1 nitrogen and oxygen atoms in total. The van der Waals surface area contributed by atoms with Gasteiger partial charge in [-0.1, -0.05) is 32.9 Å². The molecule has 100 valence electrons. The Morgan fingerprint density at radius 2 is 1.61 bits per heavy atom. The van der Waals surface area contributed by atoms with Crippen LogP contribution in [0.1, 0.15) is 26.3 Å². The van der Waals surface area contributed by atoms with Crippen LogP contribution in [0.2, 0.25) is 0 Å². The van der Waals surface area contributed by atoms with Gasteiger partial charge in [-0.3, -0.25) is 0 Å². The largest absolute Gasteiger partial charge is 0.340 e. The molecule has 0 unspecified atom stereocenters. The number of fused-ring (bicyclic) bond motifs is 1. The fraction of sp³-hybridized carbons (Fsp3) is 0.500. The third-order valence-corrected chi connectivity index (χ3v) is 8.85. The fourth-order valence-corrected chi connectivity index (χ4v) is 6.05. The van der Waals surface area contributed by atoms with E-state index in [4.69, 9.17) is 0 Å². The molecule has 0 saturated heterocycles. The summed E-state index contributed by atoms with van der Waals surface area (Å²) in [6, 6.07) is 9.22. The van der Waals surface area contributed by atoms with Crippen LogP contribution >= 0.6 is 10.0 Å². The van der Waals surface area contributed by atoms with Crippen LogP contribution in [0.5, 0.6) is 0 Å². The van der Waals surface area contributed by atoms with Crippen LogP contribution in [0.4, 0.5) is 0 Å². The Balaban J connectivity index is 2.68. The number of rotatable bonds is 4. The maximum absolute atomic E-state index is 2.44. The number of benzene rings is 1. The lowest BCUT2D eigenvalue weighted by molar-refractivity contribution is 0.851. The third kappa shape index (κ3) is 1.97. The van der Waals surface area contributed by atoms with Crippen LogP contribution in [-0.2, 0) is 7.05 Å². The summed E-state index contributed by atoms with van der Waals surface area (Å²) in [4.78, 5) is 0. The van der Waals surface area contributed by atoms with Gasteiger partial charge in [0.25, 0.3) is 0 Å². The van der Waals surface area contributed by atoms with Crippen molar-refractivity contribution in [2.75, 3.05) is 17.3 Å². The van der Waals surface area contributed by atoms with Crippen molar-refractivity contribution in [3.8, 4) is 0 Å². The molecule has 2 rings (SSSR count). The van der Waals surface area contributed by atoms with Crippen LogP contribution < -0.4 is 0 Å². The first-order valence-corrected chi connectivity index (χ1v) is 9.04. The maximum atomic E-state index is 2.44. The number of aryl methyl sites for hydroxylation is 2. The van der Waals surface area contributed by atoms with Crippen molar-refractivity contribution in [2.24, 2.45) is 7.05 Å². The molecule has 1 aromatic heterocycles. The van der Waals surface area contributed by atoms with E-state index >= 15 is 0 Å². The Hall–Kier alpha value is -0.890. The monoisotopic (exact) mass is 263 g/mol. The lowest BCUT2D eigenvalue weighted by Gasteiger charge is -2.37. The van der Waals surface area contributed by atoms with Gasteiger partial charge in [0, 0.05) is 18.0 Å². The van der Waals surface area contributed by atoms with Crippen LogP contribution in [0.25, 0.3) is 10.9 Å². The van der Waals surface area contributed by atoms with E-state index in [1.54, 1.807) is 5.03 Å². The predicted molar refractivity (Wildman–Crippen MR) is 85.1 cm³/mol. The summed E-state index contributed by atoms with van der Waals surface area (Å²) in [6.07, 6.45) is 0. The Labute approximate surface area is 113 Å². The van der Waals surface area contributed by atoms with Crippen LogP contribution in [0.15, 0.2) is 29.3 Å². The quantitative estimate of drug-likeness (QED) is 0.753. The molecule has 0 bridgehead atoms. The predicted octanol–water partition coefficient (Wildman–Crippen LogP) is 4.71. The molecule has 1 aromatic carbocycles. The van der Waals surface area contributed by atoms with Crippen molar-refractivity contribution in [2.45, 2.75) is 32.7 Å². The maximum Gasteiger partial charge on any atom is 0.0583 e. The van der Waals surface area contributed by atoms with Gasteiger partial charge in [-0.2, -0.15) is 0 Å². The SMILES string of the molecule is CCS(CC)(CC)c1cc2ccc(C)cc2n1C. The van der Waals surface area contributed by atoms with Gasteiger partial charge in [0.05, 0.1) is 5.03 Å². The van der Waals surface area contributed by atoms with E-state index in [-0.39, 0.29) is 0 Å². The highest BCUT2D eigenvalue weighted by Gasteiger charge is 2.24. The van der Waals surface area contributed by atoms with E-state index in [0.29, 0.717) is 0 Å². The molecule has 0 spiro atoms. The zero-order valence-electron chi connectivity index (χ0n) is 12.3. The minimum Gasteiger partial charge on any atom is -0.340 e. The van der Waals surface area contributed by atoms with E-state index in [0.717, 1.165) is 0 Å². The van der Waals surface area contributed by atoms with Crippen LogP contribution in [-0.4, -0.2) is 21.8 Å². The summed E-state index contributed by atoms with van der Waals surface area (Å²) in [7, 11) is 1.60. The Morgan fingerprint density at radius 1 is 1.00 bits per heavy atom. The summed E-state index contributed by atoms with van der Waals surface area (Å²) in [6.45, 7) is 9.23. The van der Waals surface area contributed by atoms with E-state index in [2.05, 4.69) is 63.6 Å². The standard InChI is InChI=1S/C16H25NS/c1-6-18(7-2,8-3)16-12-14-10-9-13(4)11-15(14)17(16)5/h9-12H,6-8H2,1-5H3. The van der Waals surface area contributed by atoms with Gasteiger partial charge in [0.1, 0.15) is 0 Å². The molecule has 1 heterocycles. The van der Waals surface area contributed by atoms with Crippen molar-refractivity contribution in [3.05, 3.63) is 29.8 Å². The first-order chi connectivity index (χ1) is 8.57. The molecule has 0 atom stereocenters. The zero-order valence-corrected chi connectivity index (χ0v) is 13.1. The minimum absolute atomic E-state index is 0.631. The van der Waals surface area contributed by atoms with Gasteiger partial charge in [-0.25, -0.2) is 10.0 Å². The fourth-order valence-electron chi connectivity index (χ4n) is 2.89. The first kappa shape index (κ1) is 13.5. The molecule has 2 heteroatoms. The van der Waals surface area contributed by atoms with E-state index in [1.807, 2.05) is 0 Å². The van der Waals surface area contributed by atoms with Gasteiger partial charge in [0.15, 0.2) is 0 Å². The van der Waals surface area contributed by atoms with Crippen LogP contribution in [0, 0.1) is 6.92 Å². The lowest BCUT2D eigenvalue weighted by atomic mass is 10.2. The molecule has 18 heavy (non-hydrogen) atoms. The normalized spacial score (nSPS) is 13.2. The summed E-state index contributed by atoms with van der Waals surface area (Å²) in [5.74, 6) is 3.88. The second kappa shape index (κ2) is 5.00. The molecule has 0 aliphatic carbocycles. The second-order valence-electron chi connectivity index (χ2n) is 5.02. The number of hydrogen-bond acceptors (Lipinski definition) is 0. The molecule has 0 aliphatic rings. The molecule has 0 fully saturated rings. The zero-order chi connectivity index (χ0) is 13.3. The number of nitrogens with zero attached hydrogens (tertiary/aromatic N) is 1. The average molecular weight is 263 g/mol. The van der Waals surface area contributed by atoms with Gasteiger partial charge < -0.3 is 4.57 Å². The summed E-state index contributed by atoms with van der Waals surface area (Å²) in [5.41, 5.74) is 2.73. The lowest BCUT2D eigenvalue weighted by Crippen LogP contribution is -2.12. The first-order valence-electron chi connectivity index (χ1n) is 6.90. The van der Waals surface area contributed by atoms with Gasteiger partial charge in [0.2, 0.25) is 0 Å². The summed E-state index contributed by atoms with van der Waals surface area (Å²) < 4.78 is 2.44. The highest BCUT2D eigenvalue weighted by molar-refractivity contribution is 8.33.